The van der Waals surface area contributed by atoms with Crippen LogP contribution in [0.2, 0.25) is 0 Å². The standard InChI is InChI=1S/C8H9N3O2S/c1-3-11-7(8(12)13)6(9-4-14)5(2)10-11/h3H2,1-2H3,(H,12,13). The van der Waals surface area contributed by atoms with E-state index in [1.165, 1.54) is 4.68 Å². The number of aromatic nitrogens is 2. The van der Waals surface area contributed by atoms with Crippen LogP contribution in [0, 0.1) is 6.92 Å². The van der Waals surface area contributed by atoms with Gasteiger partial charge in [0.1, 0.15) is 5.69 Å². The van der Waals surface area contributed by atoms with Gasteiger partial charge in [-0.2, -0.15) is 10.1 Å². The molecule has 1 heterocycles. The number of thiocarbonyl (C=S) groups is 1. The van der Waals surface area contributed by atoms with Gasteiger partial charge in [-0.05, 0) is 26.1 Å². The van der Waals surface area contributed by atoms with Gasteiger partial charge in [0.05, 0.1) is 10.9 Å². The van der Waals surface area contributed by atoms with Gasteiger partial charge in [-0.25, -0.2) is 4.79 Å². The summed E-state index contributed by atoms with van der Waals surface area (Å²) >= 11 is 4.44. The highest BCUT2D eigenvalue weighted by Crippen LogP contribution is 2.23. The molecule has 1 N–H and O–H groups in total. The summed E-state index contributed by atoms with van der Waals surface area (Å²) in [7, 11) is 0. The van der Waals surface area contributed by atoms with Gasteiger partial charge in [0.2, 0.25) is 0 Å². The number of carboxylic acid groups (broad SMARTS) is 1. The Kier molecular flexibility index (Phi) is 3.11. The number of carboxylic acids is 1. The summed E-state index contributed by atoms with van der Waals surface area (Å²) in [6.45, 7) is 3.98. The van der Waals surface area contributed by atoms with E-state index in [4.69, 9.17) is 5.11 Å². The van der Waals surface area contributed by atoms with Crippen LogP contribution < -0.4 is 0 Å². The lowest BCUT2D eigenvalue weighted by Gasteiger charge is -1.98. The first-order valence-corrected chi connectivity index (χ1v) is 4.41. The van der Waals surface area contributed by atoms with Gasteiger partial charge in [0.25, 0.3) is 0 Å². The number of rotatable bonds is 3. The third-order valence-electron chi connectivity index (χ3n) is 1.76. The average Bonchev–Trinajstić information content (AvgIpc) is 2.44. The van der Waals surface area contributed by atoms with Crippen molar-refractivity contribution in [3.05, 3.63) is 11.4 Å². The van der Waals surface area contributed by atoms with Crippen molar-refractivity contribution >= 4 is 29.0 Å². The lowest BCUT2D eigenvalue weighted by molar-refractivity contribution is 0.0684. The largest absolute Gasteiger partial charge is 0.476 e. The van der Waals surface area contributed by atoms with Crippen LogP contribution in [0.1, 0.15) is 23.1 Å². The van der Waals surface area contributed by atoms with E-state index in [1.54, 1.807) is 6.92 Å². The van der Waals surface area contributed by atoms with Crippen molar-refractivity contribution in [3.63, 3.8) is 0 Å². The molecule has 1 rings (SSSR count). The molecule has 14 heavy (non-hydrogen) atoms. The highest BCUT2D eigenvalue weighted by Gasteiger charge is 2.19. The minimum absolute atomic E-state index is 0.0577. The summed E-state index contributed by atoms with van der Waals surface area (Å²) in [6.07, 6.45) is 0. The fraction of sp³-hybridized carbons (Fsp3) is 0.375. The first-order valence-electron chi connectivity index (χ1n) is 4.00. The Hall–Kier alpha value is -1.52. The third kappa shape index (κ3) is 1.71. The molecule has 74 valence electrons. The maximum Gasteiger partial charge on any atom is 0.356 e. The molecule has 0 fully saturated rings. The Bertz CT molecular complexity index is 418. The molecule has 0 saturated carbocycles. The fourth-order valence-electron chi connectivity index (χ4n) is 1.19. The van der Waals surface area contributed by atoms with Crippen LogP contribution in [0.25, 0.3) is 0 Å². The van der Waals surface area contributed by atoms with Crippen molar-refractivity contribution in [1.29, 1.82) is 0 Å². The van der Waals surface area contributed by atoms with Crippen LogP contribution in [-0.2, 0) is 6.54 Å². The maximum atomic E-state index is 10.9. The van der Waals surface area contributed by atoms with Crippen molar-refractivity contribution in [1.82, 2.24) is 9.78 Å². The minimum atomic E-state index is -1.06. The normalized spacial score (nSPS) is 9.57. The fourth-order valence-corrected chi connectivity index (χ4v) is 1.28. The van der Waals surface area contributed by atoms with Crippen LogP contribution in [0.5, 0.6) is 0 Å². The predicted octanol–water partition coefficient (Wildman–Crippen LogP) is 1.64. The smallest absolute Gasteiger partial charge is 0.356 e. The molecule has 0 spiro atoms. The highest BCUT2D eigenvalue weighted by molar-refractivity contribution is 7.78. The first-order chi connectivity index (χ1) is 6.61. The number of carbonyl (C=O) groups is 1. The van der Waals surface area contributed by atoms with E-state index < -0.39 is 5.97 Å². The molecule has 0 saturated heterocycles. The summed E-state index contributed by atoms with van der Waals surface area (Å²) in [5.41, 5.74) is 0.887. The molecule has 0 aliphatic rings. The molecule has 1 aromatic rings. The van der Waals surface area contributed by atoms with E-state index in [0.717, 1.165) is 0 Å². The van der Waals surface area contributed by atoms with Crippen LogP contribution in [-0.4, -0.2) is 26.0 Å². The lowest BCUT2D eigenvalue weighted by Crippen LogP contribution is -2.08. The quantitative estimate of drug-likeness (QED) is 0.609. The van der Waals surface area contributed by atoms with Gasteiger partial charge in [-0.3, -0.25) is 4.68 Å². The van der Waals surface area contributed by atoms with E-state index in [1.807, 2.05) is 6.92 Å². The molecule has 0 aliphatic heterocycles. The van der Waals surface area contributed by atoms with Crippen LogP contribution in [0.3, 0.4) is 0 Å². The van der Waals surface area contributed by atoms with E-state index in [-0.39, 0.29) is 11.4 Å². The van der Waals surface area contributed by atoms with Crippen molar-refractivity contribution in [2.75, 3.05) is 0 Å². The molecule has 0 bridgehead atoms. The molecule has 0 aromatic carbocycles. The summed E-state index contributed by atoms with van der Waals surface area (Å²) in [5, 5.41) is 15.1. The second-order valence-electron chi connectivity index (χ2n) is 2.61. The van der Waals surface area contributed by atoms with Gasteiger partial charge in [-0.15, -0.1) is 0 Å². The van der Waals surface area contributed by atoms with Crippen LogP contribution >= 0.6 is 12.2 Å². The number of nitrogens with zero attached hydrogens (tertiary/aromatic N) is 3. The SMILES string of the molecule is CCn1nc(C)c(N=C=S)c1C(=O)O. The van der Waals surface area contributed by atoms with Crippen molar-refractivity contribution < 1.29 is 9.90 Å². The second kappa shape index (κ2) is 4.13. The molecule has 0 aliphatic carbocycles. The van der Waals surface area contributed by atoms with E-state index in [0.29, 0.717) is 12.2 Å². The molecule has 6 heteroatoms. The number of aromatic carboxylic acids is 1. The predicted molar refractivity (Wildman–Crippen MR) is 54.3 cm³/mol. The van der Waals surface area contributed by atoms with Gasteiger partial charge < -0.3 is 5.11 Å². The molecule has 0 radical (unpaired) electrons. The first kappa shape index (κ1) is 10.6. The summed E-state index contributed by atoms with van der Waals surface area (Å²) < 4.78 is 1.38. The number of aryl methyl sites for hydroxylation is 2. The molecule has 5 nitrogen and oxygen atoms in total. The van der Waals surface area contributed by atoms with Gasteiger partial charge in [0, 0.05) is 6.54 Å². The van der Waals surface area contributed by atoms with Gasteiger partial charge >= 0.3 is 5.97 Å². The summed E-state index contributed by atoms with van der Waals surface area (Å²) in [6, 6.07) is 0. The average molecular weight is 211 g/mol. The third-order valence-corrected chi connectivity index (χ3v) is 1.85. The number of hydrogen-bond donors (Lipinski definition) is 1. The van der Waals surface area contributed by atoms with Crippen molar-refractivity contribution in [2.24, 2.45) is 4.99 Å². The zero-order chi connectivity index (χ0) is 10.7. The molecule has 0 unspecified atom stereocenters. The Labute approximate surface area is 86.1 Å². The lowest BCUT2D eigenvalue weighted by atomic mass is 10.3. The molecular weight excluding hydrogens is 202 g/mol. The van der Waals surface area contributed by atoms with Gasteiger partial charge in [0.15, 0.2) is 5.69 Å². The second-order valence-corrected chi connectivity index (χ2v) is 2.79. The maximum absolute atomic E-state index is 10.9. The monoisotopic (exact) mass is 211 g/mol. The van der Waals surface area contributed by atoms with Crippen molar-refractivity contribution in [3.8, 4) is 0 Å². The number of aliphatic imine (C=N–C) groups is 1. The van der Waals surface area contributed by atoms with Crippen LogP contribution in [0.4, 0.5) is 5.69 Å². The molecular formula is C8H9N3O2S. The van der Waals surface area contributed by atoms with E-state index in [9.17, 15) is 4.79 Å². The summed E-state index contributed by atoms with van der Waals surface area (Å²) in [4.78, 5) is 14.6. The Morgan fingerprint density at radius 3 is 2.86 bits per heavy atom. The van der Waals surface area contributed by atoms with E-state index in [2.05, 4.69) is 27.5 Å². The molecule has 0 amide bonds. The van der Waals surface area contributed by atoms with Crippen molar-refractivity contribution in [2.45, 2.75) is 20.4 Å². The Morgan fingerprint density at radius 2 is 2.43 bits per heavy atom. The zero-order valence-corrected chi connectivity index (χ0v) is 8.63. The number of hydrogen-bond acceptors (Lipinski definition) is 4. The van der Waals surface area contributed by atoms with Crippen LogP contribution in [0.15, 0.2) is 4.99 Å². The topological polar surface area (TPSA) is 67.5 Å². The summed E-state index contributed by atoms with van der Waals surface area (Å²) in [5.74, 6) is -1.06. The zero-order valence-electron chi connectivity index (χ0n) is 7.81. The number of isothiocyanates is 1. The van der Waals surface area contributed by atoms with E-state index >= 15 is 0 Å². The molecule has 1 aromatic heterocycles. The highest BCUT2D eigenvalue weighted by atomic mass is 32.1. The van der Waals surface area contributed by atoms with Gasteiger partial charge in [-0.1, -0.05) is 0 Å². The minimum Gasteiger partial charge on any atom is -0.476 e. The molecule has 0 atom stereocenters. The Balaban J connectivity index is 3.45. The Morgan fingerprint density at radius 1 is 1.79 bits per heavy atom.